The number of amides is 2. The molecular formula is C19H38N4O5. The molecule has 0 saturated heterocycles. The molecule has 0 saturated carbocycles. The van der Waals surface area contributed by atoms with Gasteiger partial charge in [-0.3, -0.25) is 14.4 Å². The van der Waals surface area contributed by atoms with Crippen molar-refractivity contribution in [3.05, 3.63) is 0 Å². The maximum absolute atomic E-state index is 12.1. The van der Waals surface area contributed by atoms with Crippen LogP contribution in [0.5, 0.6) is 0 Å². The summed E-state index contributed by atoms with van der Waals surface area (Å²) < 4.78 is 10.9. The fourth-order valence-corrected chi connectivity index (χ4v) is 2.02. The molecule has 0 bridgehead atoms. The van der Waals surface area contributed by atoms with Gasteiger partial charge in [0.25, 0.3) is 0 Å². The molecule has 0 aliphatic rings. The molecule has 0 fully saturated rings. The SMILES string of the molecule is CN(C)CCOCCN(C)C(=O)CC(=O)CC(=O)N(C)CCOCCN(C)C. The van der Waals surface area contributed by atoms with Crippen molar-refractivity contribution < 1.29 is 23.9 Å². The fraction of sp³-hybridized carbons (Fsp3) is 0.842. The molecule has 0 aromatic rings. The number of carbonyl (C=O) groups is 3. The molecule has 0 aliphatic carbocycles. The number of nitrogens with zero attached hydrogens (tertiary/aromatic N) is 4. The van der Waals surface area contributed by atoms with Crippen LogP contribution in [0.25, 0.3) is 0 Å². The number of Topliss-reactive ketones (excluding diaryl/α,β-unsaturated/α-hetero) is 1. The highest BCUT2D eigenvalue weighted by Crippen LogP contribution is 2.00. The minimum absolute atomic E-state index is 0.271. The zero-order valence-electron chi connectivity index (χ0n) is 18.4. The van der Waals surface area contributed by atoms with E-state index in [9.17, 15) is 14.4 Å². The van der Waals surface area contributed by atoms with Crippen LogP contribution < -0.4 is 0 Å². The third kappa shape index (κ3) is 14.5. The van der Waals surface area contributed by atoms with Crippen LogP contribution in [0.3, 0.4) is 0 Å². The van der Waals surface area contributed by atoms with E-state index in [4.69, 9.17) is 9.47 Å². The Morgan fingerprint density at radius 1 is 0.571 bits per heavy atom. The lowest BCUT2D eigenvalue weighted by molar-refractivity contribution is -0.138. The van der Waals surface area contributed by atoms with Gasteiger partial charge in [-0.15, -0.1) is 0 Å². The second kappa shape index (κ2) is 15.4. The molecular weight excluding hydrogens is 364 g/mol. The molecule has 0 atom stereocenters. The summed E-state index contributed by atoms with van der Waals surface area (Å²) in [6.45, 7) is 4.47. The maximum Gasteiger partial charge on any atom is 0.229 e. The summed E-state index contributed by atoms with van der Waals surface area (Å²) in [5, 5.41) is 0. The lowest BCUT2D eigenvalue weighted by Gasteiger charge is -2.19. The number of hydrogen-bond acceptors (Lipinski definition) is 7. The van der Waals surface area contributed by atoms with E-state index in [0.717, 1.165) is 13.1 Å². The first-order valence-corrected chi connectivity index (χ1v) is 9.58. The first-order chi connectivity index (χ1) is 13.1. The topological polar surface area (TPSA) is 82.6 Å². The predicted molar refractivity (Wildman–Crippen MR) is 108 cm³/mol. The highest BCUT2D eigenvalue weighted by molar-refractivity contribution is 6.06. The largest absolute Gasteiger partial charge is 0.378 e. The maximum atomic E-state index is 12.1. The van der Waals surface area contributed by atoms with Gasteiger partial charge in [0, 0.05) is 40.3 Å². The summed E-state index contributed by atoms with van der Waals surface area (Å²) in [6, 6.07) is 0. The molecule has 0 spiro atoms. The fourth-order valence-electron chi connectivity index (χ4n) is 2.02. The van der Waals surface area contributed by atoms with E-state index in [1.807, 2.05) is 38.0 Å². The quantitative estimate of drug-likeness (QED) is 0.252. The minimum Gasteiger partial charge on any atom is -0.378 e. The molecule has 164 valence electrons. The van der Waals surface area contributed by atoms with Crippen LogP contribution in [0.15, 0.2) is 0 Å². The van der Waals surface area contributed by atoms with Gasteiger partial charge in [-0.1, -0.05) is 0 Å². The Morgan fingerprint density at radius 3 is 1.21 bits per heavy atom. The number of ketones is 1. The van der Waals surface area contributed by atoms with Crippen molar-refractivity contribution in [1.82, 2.24) is 19.6 Å². The van der Waals surface area contributed by atoms with Crippen LogP contribution in [0.2, 0.25) is 0 Å². The summed E-state index contributed by atoms with van der Waals surface area (Å²) in [7, 11) is 11.1. The molecule has 0 aliphatic heterocycles. The average Bonchev–Trinajstić information content (AvgIpc) is 2.59. The lowest BCUT2D eigenvalue weighted by Crippen LogP contribution is -2.35. The van der Waals surface area contributed by atoms with Gasteiger partial charge in [0.1, 0.15) is 0 Å². The Labute approximate surface area is 169 Å². The summed E-state index contributed by atoms with van der Waals surface area (Å²) in [4.78, 5) is 43.1. The summed E-state index contributed by atoms with van der Waals surface area (Å²) in [5.74, 6) is -0.983. The molecule has 2 amide bonds. The van der Waals surface area contributed by atoms with Gasteiger partial charge < -0.3 is 29.1 Å². The standard InChI is InChI=1S/C19H38N4O5/c1-20(2)7-11-27-13-9-22(5)18(25)15-17(24)16-19(26)23(6)10-14-28-12-8-21(3)4/h7-16H2,1-6H3. The minimum atomic E-state index is -0.379. The Bertz CT molecular complexity index is 431. The third-order valence-corrected chi connectivity index (χ3v) is 4.06. The molecule has 0 aromatic heterocycles. The van der Waals surface area contributed by atoms with E-state index in [0.29, 0.717) is 39.5 Å². The van der Waals surface area contributed by atoms with Crippen LogP contribution in [0.1, 0.15) is 12.8 Å². The van der Waals surface area contributed by atoms with Crippen LogP contribution in [0, 0.1) is 0 Å². The van der Waals surface area contributed by atoms with Crippen LogP contribution in [-0.4, -0.2) is 132 Å². The summed E-state index contributed by atoms with van der Waals surface area (Å²) in [6.07, 6.45) is -0.541. The molecule has 0 N–H and O–H groups in total. The van der Waals surface area contributed by atoms with Gasteiger partial charge >= 0.3 is 0 Å². The Kier molecular flexibility index (Phi) is 14.5. The molecule has 0 aromatic carbocycles. The first kappa shape index (κ1) is 26.4. The van der Waals surface area contributed by atoms with Gasteiger partial charge in [0.05, 0.1) is 39.3 Å². The van der Waals surface area contributed by atoms with Crippen molar-refractivity contribution in [2.75, 3.05) is 94.9 Å². The predicted octanol–water partition coefficient (Wildman–Crippen LogP) is -0.591. The van der Waals surface area contributed by atoms with Crippen molar-refractivity contribution >= 4 is 17.6 Å². The van der Waals surface area contributed by atoms with Gasteiger partial charge in [-0.05, 0) is 28.2 Å². The Hall–Kier alpha value is -1.55. The van der Waals surface area contributed by atoms with Crippen molar-refractivity contribution in [2.24, 2.45) is 0 Å². The molecule has 9 heteroatoms. The van der Waals surface area contributed by atoms with Crippen molar-refractivity contribution in [3.63, 3.8) is 0 Å². The molecule has 0 rings (SSSR count). The number of ether oxygens (including phenoxy) is 2. The van der Waals surface area contributed by atoms with E-state index in [1.54, 1.807) is 14.1 Å². The lowest BCUT2D eigenvalue weighted by atomic mass is 10.2. The van der Waals surface area contributed by atoms with Gasteiger partial charge in [0.15, 0.2) is 5.78 Å². The first-order valence-electron chi connectivity index (χ1n) is 9.58. The van der Waals surface area contributed by atoms with Crippen LogP contribution >= 0.6 is 0 Å². The van der Waals surface area contributed by atoms with E-state index in [2.05, 4.69) is 0 Å². The highest BCUT2D eigenvalue weighted by atomic mass is 16.5. The zero-order valence-corrected chi connectivity index (χ0v) is 18.4. The number of rotatable bonds is 16. The molecule has 0 radical (unpaired) electrons. The zero-order chi connectivity index (χ0) is 21.5. The van der Waals surface area contributed by atoms with Crippen molar-refractivity contribution in [2.45, 2.75) is 12.8 Å². The third-order valence-electron chi connectivity index (χ3n) is 4.06. The van der Waals surface area contributed by atoms with E-state index < -0.39 is 0 Å². The number of hydrogen-bond donors (Lipinski definition) is 0. The van der Waals surface area contributed by atoms with Gasteiger partial charge in [-0.2, -0.15) is 0 Å². The number of likely N-dealkylation sites (N-methyl/N-ethyl adjacent to an activating group) is 4. The molecule has 0 heterocycles. The van der Waals surface area contributed by atoms with Crippen LogP contribution in [0.4, 0.5) is 0 Å². The van der Waals surface area contributed by atoms with Gasteiger partial charge in [-0.25, -0.2) is 0 Å². The van der Waals surface area contributed by atoms with Crippen molar-refractivity contribution in [1.29, 1.82) is 0 Å². The second-order valence-corrected chi connectivity index (χ2v) is 7.35. The Morgan fingerprint density at radius 2 is 0.893 bits per heavy atom. The summed E-state index contributed by atoms with van der Waals surface area (Å²) in [5.41, 5.74) is 0. The second-order valence-electron chi connectivity index (χ2n) is 7.35. The molecule has 0 unspecified atom stereocenters. The van der Waals surface area contributed by atoms with Crippen molar-refractivity contribution in [3.8, 4) is 0 Å². The monoisotopic (exact) mass is 402 g/mol. The van der Waals surface area contributed by atoms with E-state index in [-0.39, 0.29) is 30.4 Å². The van der Waals surface area contributed by atoms with E-state index >= 15 is 0 Å². The van der Waals surface area contributed by atoms with Gasteiger partial charge in [0.2, 0.25) is 11.8 Å². The van der Waals surface area contributed by atoms with E-state index in [1.165, 1.54) is 9.80 Å². The average molecular weight is 403 g/mol. The highest BCUT2D eigenvalue weighted by Gasteiger charge is 2.18. The Balaban J connectivity index is 3.97. The molecule has 9 nitrogen and oxygen atoms in total. The normalized spacial score (nSPS) is 11.1. The summed E-state index contributed by atoms with van der Waals surface area (Å²) >= 11 is 0. The number of carbonyl (C=O) groups excluding carboxylic acids is 3. The smallest absolute Gasteiger partial charge is 0.229 e. The van der Waals surface area contributed by atoms with Crippen LogP contribution in [-0.2, 0) is 23.9 Å². The molecule has 28 heavy (non-hydrogen) atoms.